The molecular weight excluding hydrogens is 200 g/mol. The molecule has 0 amide bonds. The van der Waals surface area contributed by atoms with Crippen molar-refractivity contribution in [3.05, 3.63) is 23.4 Å². The first-order chi connectivity index (χ1) is 6.68. The minimum absolute atomic E-state index is 0.235. The van der Waals surface area contributed by atoms with E-state index in [4.69, 9.17) is 11.6 Å². The molecule has 0 saturated carbocycles. The summed E-state index contributed by atoms with van der Waals surface area (Å²) in [5.74, 6) is 0.932. The molecule has 0 radical (unpaired) electrons. The molecule has 0 saturated heterocycles. The third-order valence-corrected chi connectivity index (χ3v) is 2.09. The van der Waals surface area contributed by atoms with Gasteiger partial charge in [0, 0.05) is 18.3 Å². The predicted molar refractivity (Wildman–Crippen MR) is 54.2 cm³/mol. The average molecular weight is 209 g/mol. The predicted octanol–water partition coefficient (Wildman–Crippen LogP) is 2.20. The van der Waals surface area contributed by atoms with Crippen LogP contribution in [0.5, 0.6) is 0 Å². The Kier molecular flexibility index (Phi) is 2.29. The van der Waals surface area contributed by atoms with E-state index in [9.17, 15) is 0 Å². The summed E-state index contributed by atoms with van der Waals surface area (Å²) >= 11 is 5.95. The number of hydrogen-bond acceptors (Lipinski definition) is 4. The zero-order valence-electron chi connectivity index (χ0n) is 7.90. The Hall–Kier alpha value is -1.29. The van der Waals surface area contributed by atoms with Gasteiger partial charge in [0.25, 0.3) is 0 Å². The lowest BCUT2D eigenvalue weighted by atomic mass is 10.2. The van der Waals surface area contributed by atoms with Gasteiger partial charge in [-0.1, -0.05) is 25.4 Å². The van der Waals surface area contributed by atoms with E-state index in [0.29, 0.717) is 22.1 Å². The molecule has 0 N–H and O–H groups in total. The van der Waals surface area contributed by atoms with Gasteiger partial charge in [-0.3, -0.25) is 0 Å². The Bertz CT molecular complexity index is 469. The molecule has 5 heteroatoms. The van der Waals surface area contributed by atoms with Crippen LogP contribution >= 0.6 is 11.6 Å². The van der Waals surface area contributed by atoms with Crippen molar-refractivity contribution in [3.8, 4) is 0 Å². The van der Waals surface area contributed by atoms with Crippen LogP contribution in [0.3, 0.4) is 0 Å². The third kappa shape index (κ3) is 1.53. The first kappa shape index (κ1) is 9.27. The van der Waals surface area contributed by atoms with E-state index in [-0.39, 0.29) is 5.92 Å². The summed E-state index contributed by atoms with van der Waals surface area (Å²) in [5, 5.41) is 0.367. The van der Waals surface area contributed by atoms with Crippen LogP contribution in [0.1, 0.15) is 25.6 Å². The molecule has 72 valence electrons. The standard InChI is InChI=1S/C9H9ClN4/c1-5(2)8-13-7(10)6-9(14-8)12-4-3-11-6/h3-5H,1-2H3. The summed E-state index contributed by atoms with van der Waals surface area (Å²) in [6.07, 6.45) is 3.17. The van der Waals surface area contributed by atoms with Crippen LogP contribution in [0, 0.1) is 0 Å². The number of halogens is 1. The van der Waals surface area contributed by atoms with Gasteiger partial charge in [0.05, 0.1) is 0 Å². The highest BCUT2D eigenvalue weighted by molar-refractivity contribution is 6.33. The average Bonchev–Trinajstić information content (AvgIpc) is 2.17. The molecule has 2 rings (SSSR count). The number of hydrogen-bond donors (Lipinski definition) is 0. The molecule has 0 unspecified atom stereocenters. The Morgan fingerprint density at radius 2 is 1.86 bits per heavy atom. The van der Waals surface area contributed by atoms with Gasteiger partial charge in [0.15, 0.2) is 10.8 Å². The summed E-state index contributed by atoms with van der Waals surface area (Å²) in [6, 6.07) is 0. The van der Waals surface area contributed by atoms with Gasteiger partial charge in [-0.05, 0) is 0 Å². The van der Waals surface area contributed by atoms with Gasteiger partial charge in [-0.2, -0.15) is 0 Å². The first-order valence-electron chi connectivity index (χ1n) is 4.32. The van der Waals surface area contributed by atoms with E-state index >= 15 is 0 Å². The van der Waals surface area contributed by atoms with E-state index in [1.807, 2.05) is 13.8 Å². The molecule has 4 nitrogen and oxygen atoms in total. The van der Waals surface area contributed by atoms with Gasteiger partial charge < -0.3 is 0 Å². The highest BCUT2D eigenvalue weighted by Gasteiger charge is 2.09. The zero-order valence-corrected chi connectivity index (χ0v) is 8.65. The van der Waals surface area contributed by atoms with Crippen molar-refractivity contribution in [2.24, 2.45) is 0 Å². The fourth-order valence-electron chi connectivity index (χ4n) is 1.10. The molecule has 2 aromatic rings. The minimum atomic E-state index is 0.235. The summed E-state index contributed by atoms with van der Waals surface area (Å²) in [4.78, 5) is 16.6. The van der Waals surface area contributed by atoms with E-state index in [1.54, 1.807) is 12.4 Å². The summed E-state index contributed by atoms with van der Waals surface area (Å²) in [5.41, 5.74) is 1.11. The zero-order chi connectivity index (χ0) is 10.1. The maximum absolute atomic E-state index is 5.95. The molecule has 0 aliphatic carbocycles. The molecule has 14 heavy (non-hydrogen) atoms. The second kappa shape index (κ2) is 3.46. The first-order valence-corrected chi connectivity index (χ1v) is 4.70. The fourth-order valence-corrected chi connectivity index (χ4v) is 1.32. The number of nitrogens with zero attached hydrogens (tertiary/aromatic N) is 4. The van der Waals surface area contributed by atoms with Crippen LogP contribution in [0.2, 0.25) is 5.15 Å². The van der Waals surface area contributed by atoms with Gasteiger partial charge in [-0.15, -0.1) is 0 Å². The van der Waals surface area contributed by atoms with Gasteiger partial charge in [0.2, 0.25) is 0 Å². The highest BCUT2D eigenvalue weighted by atomic mass is 35.5. The van der Waals surface area contributed by atoms with Crippen LogP contribution in [0.4, 0.5) is 0 Å². The van der Waals surface area contributed by atoms with Gasteiger partial charge >= 0.3 is 0 Å². The Morgan fingerprint density at radius 3 is 2.57 bits per heavy atom. The molecule has 2 aromatic heterocycles. The highest BCUT2D eigenvalue weighted by Crippen LogP contribution is 2.18. The smallest absolute Gasteiger partial charge is 0.183 e. The molecule has 0 aliphatic heterocycles. The SMILES string of the molecule is CC(C)c1nc(Cl)c2nccnc2n1. The minimum Gasteiger partial charge on any atom is -0.248 e. The molecule has 0 atom stereocenters. The van der Waals surface area contributed by atoms with Gasteiger partial charge in [0.1, 0.15) is 11.3 Å². The van der Waals surface area contributed by atoms with E-state index in [1.165, 1.54) is 0 Å². The lowest BCUT2D eigenvalue weighted by Gasteiger charge is -2.04. The van der Waals surface area contributed by atoms with Crippen LogP contribution in [0.15, 0.2) is 12.4 Å². The summed E-state index contributed by atoms with van der Waals surface area (Å²) in [6.45, 7) is 4.02. The second-order valence-electron chi connectivity index (χ2n) is 3.26. The summed E-state index contributed by atoms with van der Waals surface area (Å²) < 4.78 is 0. The maximum atomic E-state index is 5.95. The fraction of sp³-hybridized carbons (Fsp3) is 0.333. The molecule has 0 fully saturated rings. The maximum Gasteiger partial charge on any atom is 0.183 e. The summed E-state index contributed by atoms with van der Waals surface area (Å²) in [7, 11) is 0. The molecule has 0 aliphatic rings. The van der Waals surface area contributed by atoms with Crippen molar-refractivity contribution in [1.82, 2.24) is 19.9 Å². The quantitative estimate of drug-likeness (QED) is 0.675. The Labute approximate surface area is 86.4 Å². The lowest BCUT2D eigenvalue weighted by molar-refractivity contribution is 0.780. The van der Waals surface area contributed by atoms with Crippen LogP contribution in [0.25, 0.3) is 11.2 Å². The van der Waals surface area contributed by atoms with E-state index < -0.39 is 0 Å². The molecule has 0 bridgehead atoms. The Balaban J connectivity index is 2.72. The topological polar surface area (TPSA) is 51.6 Å². The van der Waals surface area contributed by atoms with Crippen molar-refractivity contribution < 1.29 is 0 Å². The van der Waals surface area contributed by atoms with Crippen molar-refractivity contribution in [3.63, 3.8) is 0 Å². The number of fused-ring (bicyclic) bond motifs is 1. The van der Waals surface area contributed by atoms with Crippen LogP contribution in [-0.2, 0) is 0 Å². The lowest BCUT2D eigenvalue weighted by Crippen LogP contribution is -2.00. The van der Waals surface area contributed by atoms with Crippen molar-refractivity contribution in [2.45, 2.75) is 19.8 Å². The normalized spacial score (nSPS) is 11.1. The number of rotatable bonds is 1. The van der Waals surface area contributed by atoms with Crippen LogP contribution < -0.4 is 0 Å². The largest absolute Gasteiger partial charge is 0.248 e. The second-order valence-corrected chi connectivity index (χ2v) is 3.61. The molecule has 0 aromatic carbocycles. The monoisotopic (exact) mass is 208 g/mol. The van der Waals surface area contributed by atoms with Crippen LogP contribution in [-0.4, -0.2) is 19.9 Å². The molecule has 0 spiro atoms. The van der Waals surface area contributed by atoms with E-state index in [2.05, 4.69) is 19.9 Å². The Morgan fingerprint density at radius 1 is 1.14 bits per heavy atom. The number of aromatic nitrogens is 4. The van der Waals surface area contributed by atoms with Crippen molar-refractivity contribution in [1.29, 1.82) is 0 Å². The molecular formula is C9H9ClN4. The van der Waals surface area contributed by atoms with Crippen molar-refractivity contribution in [2.75, 3.05) is 0 Å². The molecule has 2 heterocycles. The van der Waals surface area contributed by atoms with Crippen molar-refractivity contribution >= 4 is 22.8 Å². The van der Waals surface area contributed by atoms with Gasteiger partial charge in [-0.25, -0.2) is 19.9 Å². The van der Waals surface area contributed by atoms with E-state index in [0.717, 1.165) is 0 Å². The third-order valence-electron chi connectivity index (χ3n) is 1.82.